The largest absolute Gasteiger partial charge is 0.487 e. The first kappa shape index (κ1) is 30.9. The van der Waals surface area contributed by atoms with Gasteiger partial charge in [0.1, 0.15) is 25.0 Å². The number of hydrogen-bond donors (Lipinski definition) is 0. The van der Waals surface area contributed by atoms with Crippen LogP contribution in [0.25, 0.3) is 0 Å². The summed E-state index contributed by atoms with van der Waals surface area (Å²) >= 11 is 0. The fourth-order valence-electron chi connectivity index (χ4n) is 4.65. The van der Waals surface area contributed by atoms with Crippen molar-refractivity contribution >= 4 is 5.97 Å². The summed E-state index contributed by atoms with van der Waals surface area (Å²) in [4.78, 5) is 12.8. The van der Waals surface area contributed by atoms with E-state index in [0.717, 1.165) is 18.7 Å². The standard InChI is InChI=1S/C33H52NO3/c1-6-7-8-9-10-11-12-13-14-16-20-30-23-19-24-32(25-30)37-28(2)27-36-33(35)29(3)34(4,5)26-31-21-17-15-18-22-31/h15,17-19,21-25,28-29H,6-14,16,20,26-27H2,1-5H3/q+1. The van der Waals surface area contributed by atoms with E-state index in [1.807, 2.05) is 38.1 Å². The summed E-state index contributed by atoms with van der Waals surface area (Å²) in [5.74, 6) is 0.660. The average Bonchev–Trinajstić information content (AvgIpc) is 2.88. The maximum absolute atomic E-state index is 12.8. The van der Waals surface area contributed by atoms with E-state index >= 15 is 0 Å². The van der Waals surface area contributed by atoms with Gasteiger partial charge in [0.2, 0.25) is 0 Å². The molecule has 4 nitrogen and oxygen atoms in total. The number of ether oxygens (including phenoxy) is 2. The van der Waals surface area contributed by atoms with Crippen LogP contribution in [-0.4, -0.2) is 43.3 Å². The van der Waals surface area contributed by atoms with Crippen LogP contribution in [0.3, 0.4) is 0 Å². The molecule has 0 saturated carbocycles. The summed E-state index contributed by atoms with van der Waals surface area (Å²) in [6, 6.07) is 18.4. The third-order valence-electron chi connectivity index (χ3n) is 7.34. The molecule has 0 radical (unpaired) electrons. The average molecular weight is 511 g/mol. The molecule has 2 unspecified atom stereocenters. The van der Waals surface area contributed by atoms with Crippen molar-refractivity contribution in [2.24, 2.45) is 0 Å². The second-order valence-electron chi connectivity index (χ2n) is 11.2. The van der Waals surface area contributed by atoms with Crippen molar-refractivity contribution < 1.29 is 18.8 Å². The maximum atomic E-state index is 12.8. The van der Waals surface area contributed by atoms with E-state index in [1.54, 1.807) is 0 Å². The van der Waals surface area contributed by atoms with E-state index in [9.17, 15) is 4.79 Å². The molecule has 0 aliphatic heterocycles. The first-order valence-corrected chi connectivity index (χ1v) is 14.6. The number of carbonyl (C=O) groups excluding carboxylic acids is 1. The lowest BCUT2D eigenvalue weighted by atomic mass is 10.0. The fraction of sp³-hybridized carbons (Fsp3) is 0.606. The van der Waals surface area contributed by atoms with Crippen LogP contribution >= 0.6 is 0 Å². The highest BCUT2D eigenvalue weighted by atomic mass is 16.6. The Morgan fingerprint density at radius 1 is 0.784 bits per heavy atom. The Morgan fingerprint density at radius 3 is 2.03 bits per heavy atom. The Morgan fingerprint density at radius 2 is 1.38 bits per heavy atom. The van der Waals surface area contributed by atoms with Crippen molar-refractivity contribution in [3.63, 3.8) is 0 Å². The molecule has 2 aromatic carbocycles. The number of esters is 1. The van der Waals surface area contributed by atoms with E-state index in [4.69, 9.17) is 9.47 Å². The summed E-state index contributed by atoms with van der Waals surface area (Å²) < 4.78 is 12.3. The molecule has 206 valence electrons. The van der Waals surface area contributed by atoms with Crippen molar-refractivity contribution in [1.29, 1.82) is 0 Å². The van der Waals surface area contributed by atoms with Gasteiger partial charge in [0.15, 0.2) is 6.04 Å². The monoisotopic (exact) mass is 510 g/mol. The molecule has 2 aromatic rings. The van der Waals surface area contributed by atoms with Crippen LogP contribution in [0.2, 0.25) is 0 Å². The zero-order chi connectivity index (χ0) is 26.9. The quantitative estimate of drug-likeness (QED) is 0.109. The lowest BCUT2D eigenvalue weighted by Gasteiger charge is -2.34. The number of hydrogen-bond acceptors (Lipinski definition) is 3. The lowest BCUT2D eigenvalue weighted by molar-refractivity contribution is -0.917. The smallest absolute Gasteiger partial charge is 0.364 e. The van der Waals surface area contributed by atoms with Gasteiger partial charge in [-0.25, -0.2) is 4.79 Å². The fourth-order valence-corrected chi connectivity index (χ4v) is 4.65. The molecule has 0 spiro atoms. The van der Waals surface area contributed by atoms with Gasteiger partial charge < -0.3 is 14.0 Å². The summed E-state index contributed by atoms with van der Waals surface area (Å²) in [5, 5.41) is 0. The Balaban J connectivity index is 1.66. The van der Waals surface area contributed by atoms with Gasteiger partial charge in [-0.15, -0.1) is 0 Å². The highest BCUT2D eigenvalue weighted by Gasteiger charge is 2.32. The normalized spacial score (nSPS) is 13.2. The van der Waals surface area contributed by atoms with Gasteiger partial charge in [-0.2, -0.15) is 0 Å². The molecular formula is C33H52NO3+. The predicted molar refractivity (Wildman–Crippen MR) is 155 cm³/mol. The zero-order valence-corrected chi connectivity index (χ0v) is 24.2. The molecule has 4 heteroatoms. The van der Waals surface area contributed by atoms with Gasteiger partial charge in [0.25, 0.3) is 0 Å². The van der Waals surface area contributed by atoms with Crippen molar-refractivity contribution in [3.8, 4) is 5.75 Å². The number of carbonyl (C=O) groups is 1. The molecule has 0 aliphatic rings. The van der Waals surface area contributed by atoms with Crippen LogP contribution in [-0.2, 0) is 22.5 Å². The topological polar surface area (TPSA) is 35.5 Å². The minimum Gasteiger partial charge on any atom is -0.487 e. The van der Waals surface area contributed by atoms with Crippen molar-refractivity contribution in [2.75, 3.05) is 20.7 Å². The molecular weight excluding hydrogens is 458 g/mol. The van der Waals surface area contributed by atoms with E-state index in [0.29, 0.717) is 4.48 Å². The first-order chi connectivity index (χ1) is 17.8. The number of rotatable bonds is 19. The molecule has 0 saturated heterocycles. The van der Waals surface area contributed by atoms with E-state index in [2.05, 4.69) is 51.4 Å². The van der Waals surface area contributed by atoms with Crippen LogP contribution in [0.4, 0.5) is 0 Å². The molecule has 0 N–H and O–H groups in total. The number of benzene rings is 2. The van der Waals surface area contributed by atoms with Crippen LogP contribution in [0.5, 0.6) is 5.75 Å². The van der Waals surface area contributed by atoms with E-state index in [1.165, 1.54) is 75.3 Å². The highest BCUT2D eigenvalue weighted by Crippen LogP contribution is 2.19. The molecule has 0 heterocycles. The second-order valence-corrected chi connectivity index (χ2v) is 11.2. The third-order valence-corrected chi connectivity index (χ3v) is 7.34. The van der Waals surface area contributed by atoms with Crippen LogP contribution in [0.15, 0.2) is 54.6 Å². The number of likely N-dealkylation sites (N-methyl/N-ethyl adjacent to an activating group) is 1. The minimum absolute atomic E-state index is 0.189. The number of unbranched alkanes of at least 4 members (excludes halogenated alkanes) is 9. The highest BCUT2D eigenvalue weighted by molar-refractivity contribution is 5.74. The molecule has 0 aliphatic carbocycles. The minimum atomic E-state index is -0.267. The van der Waals surface area contributed by atoms with Crippen LogP contribution in [0.1, 0.15) is 96.1 Å². The zero-order valence-electron chi connectivity index (χ0n) is 24.2. The first-order valence-electron chi connectivity index (χ1n) is 14.6. The molecule has 37 heavy (non-hydrogen) atoms. The van der Waals surface area contributed by atoms with Crippen molar-refractivity contribution in [1.82, 2.24) is 0 Å². The molecule has 0 fully saturated rings. The summed E-state index contributed by atoms with van der Waals surface area (Å²) in [6.45, 7) is 7.19. The second kappa shape index (κ2) is 17.2. The van der Waals surface area contributed by atoms with Crippen LogP contribution in [0, 0.1) is 0 Å². The van der Waals surface area contributed by atoms with Gasteiger partial charge in [-0.3, -0.25) is 0 Å². The molecule has 0 aromatic heterocycles. The summed E-state index contributed by atoms with van der Waals surface area (Å²) in [5.41, 5.74) is 2.52. The Labute approximate surface area is 227 Å². The molecule has 2 rings (SSSR count). The summed E-state index contributed by atoms with van der Waals surface area (Å²) in [6.07, 6.45) is 14.4. The number of nitrogens with zero attached hydrogens (tertiary/aromatic N) is 1. The van der Waals surface area contributed by atoms with Crippen LogP contribution < -0.4 is 4.74 Å². The predicted octanol–water partition coefficient (Wildman–Crippen LogP) is 8.13. The maximum Gasteiger partial charge on any atom is 0.364 e. The SMILES string of the molecule is CCCCCCCCCCCCc1cccc(OC(C)COC(=O)C(C)[N+](C)(C)Cc2ccccc2)c1. The molecule has 0 amide bonds. The van der Waals surface area contributed by atoms with Gasteiger partial charge >= 0.3 is 5.97 Å². The number of aryl methyl sites for hydroxylation is 1. The van der Waals surface area contributed by atoms with Crippen molar-refractivity contribution in [3.05, 3.63) is 65.7 Å². The number of quaternary nitrogens is 1. The van der Waals surface area contributed by atoms with Gasteiger partial charge in [-0.05, 0) is 44.4 Å². The Bertz CT molecular complexity index is 880. The Hall–Kier alpha value is -2.33. The van der Waals surface area contributed by atoms with Crippen molar-refractivity contribution in [2.45, 2.75) is 110 Å². The van der Waals surface area contributed by atoms with Gasteiger partial charge in [0.05, 0.1) is 14.1 Å². The molecule has 2 atom stereocenters. The van der Waals surface area contributed by atoms with Gasteiger partial charge in [-0.1, -0.05) is 107 Å². The molecule has 0 bridgehead atoms. The van der Waals surface area contributed by atoms with E-state index < -0.39 is 0 Å². The van der Waals surface area contributed by atoms with Gasteiger partial charge in [0, 0.05) is 5.56 Å². The van der Waals surface area contributed by atoms with E-state index in [-0.39, 0.29) is 24.7 Å². The summed E-state index contributed by atoms with van der Waals surface area (Å²) in [7, 11) is 4.14. The lowest BCUT2D eigenvalue weighted by Crippen LogP contribution is -2.51. The third kappa shape index (κ3) is 12.6. The Kier molecular flexibility index (Phi) is 14.4.